The molecule has 2 N–H and O–H groups in total. The summed E-state index contributed by atoms with van der Waals surface area (Å²) in [6.07, 6.45) is 2.26. The number of anilines is 2. The molecule has 1 aliphatic rings. The number of likely N-dealkylation sites (tertiary alicyclic amines) is 1. The molecule has 0 unspecified atom stereocenters. The normalized spacial score (nSPS) is 15.1. The number of pyridine rings is 2. The summed E-state index contributed by atoms with van der Waals surface area (Å²) in [5.41, 5.74) is 1.33. The second-order valence-electron chi connectivity index (χ2n) is 7.63. The molecule has 170 valence electrons. The number of rotatable bonds is 4. The molecule has 0 aliphatic carbocycles. The van der Waals surface area contributed by atoms with Gasteiger partial charge >= 0.3 is 6.09 Å². The Bertz CT molecular complexity index is 1410. The van der Waals surface area contributed by atoms with E-state index in [0.29, 0.717) is 34.7 Å². The Labute approximate surface area is 205 Å². The number of fused-ring (bicyclic) bond motifs is 1. The first-order valence-corrected chi connectivity index (χ1v) is 11.9. The summed E-state index contributed by atoms with van der Waals surface area (Å²) in [6, 6.07) is 14.4. The third-order valence-corrected chi connectivity index (χ3v) is 6.52. The van der Waals surface area contributed by atoms with Crippen LogP contribution in [0.25, 0.3) is 10.1 Å². The molecule has 3 aromatic heterocycles. The van der Waals surface area contributed by atoms with Gasteiger partial charge in [0.1, 0.15) is 17.3 Å². The van der Waals surface area contributed by atoms with Crippen LogP contribution >= 0.6 is 22.9 Å². The molecule has 1 fully saturated rings. The van der Waals surface area contributed by atoms with E-state index in [2.05, 4.69) is 22.1 Å². The fraction of sp³-hybridized carbons (Fsp3) is 0.160. The van der Waals surface area contributed by atoms with Crippen molar-refractivity contribution in [1.82, 2.24) is 14.9 Å². The van der Waals surface area contributed by atoms with Crippen LogP contribution in [0.15, 0.2) is 60.1 Å². The largest absolute Gasteiger partial charge is 0.465 e. The molecule has 4 heterocycles. The average Bonchev–Trinajstić information content (AvgIpc) is 3.50. The molecule has 1 saturated heterocycles. The molecule has 9 heteroatoms. The van der Waals surface area contributed by atoms with Gasteiger partial charge in [0, 0.05) is 34.6 Å². The molecule has 0 bridgehead atoms. The first kappa shape index (κ1) is 22.0. The summed E-state index contributed by atoms with van der Waals surface area (Å²) >= 11 is 8.04. The summed E-state index contributed by atoms with van der Waals surface area (Å²) in [7, 11) is 0. The molecular weight excluding hydrogens is 472 g/mol. The van der Waals surface area contributed by atoms with E-state index in [1.165, 1.54) is 4.90 Å². The molecule has 7 nitrogen and oxygen atoms in total. The van der Waals surface area contributed by atoms with E-state index in [9.17, 15) is 9.90 Å². The first-order chi connectivity index (χ1) is 16.6. The van der Waals surface area contributed by atoms with Crippen molar-refractivity contribution in [2.45, 2.75) is 18.9 Å². The summed E-state index contributed by atoms with van der Waals surface area (Å²) in [5, 5.41) is 16.1. The minimum absolute atomic E-state index is 0.305. The van der Waals surface area contributed by atoms with Gasteiger partial charge in [-0.15, -0.1) is 11.3 Å². The molecule has 5 rings (SSSR count). The van der Waals surface area contributed by atoms with Crippen molar-refractivity contribution in [2.75, 3.05) is 11.9 Å². The Morgan fingerprint density at radius 2 is 2.18 bits per heavy atom. The van der Waals surface area contributed by atoms with E-state index < -0.39 is 6.09 Å². The summed E-state index contributed by atoms with van der Waals surface area (Å²) < 4.78 is 6.78. The van der Waals surface area contributed by atoms with Gasteiger partial charge in [-0.2, -0.15) is 0 Å². The summed E-state index contributed by atoms with van der Waals surface area (Å²) in [6.45, 7) is 0.514. The molecular formula is C25H19ClN4O3S. The van der Waals surface area contributed by atoms with Gasteiger partial charge < -0.3 is 15.2 Å². The standard InChI is InChI=1S/C25H19ClN4O3S/c26-20-14-16(7-9-21(20)33-23-5-1-2-11-27-23)28-24-19-10-13-34-22(19)15-17(29-24)6-8-18-4-3-12-30(18)25(31)32/h1-2,5,7,9-11,13-15,18H,3-4,12H2,(H,28,29)(H,31,32)/t18-/m1/s1. The van der Waals surface area contributed by atoms with Gasteiger partial charge in [0.15, 0.2) is 0 Å². The Balaban J connectivity index is 1.40. The number of nitrogens with one attached hydrogen (secondary N) is 1. The number of amides is 1. The highest BCUT2D eigenvalue weighted by Gasteiger charge is 2.26. The van der Waals surface area contributed by atoms with Crippen LogP contribution in [0.1, 0.15) is 18.5 Å². The predicted molar refractivity (Wildman–Crippen MR) is 133 cm³/mol. The van der Waals surface area contributed by atoms with Gasteiger partial charge in [-0.05, 0) is 60.5 Å². The zero-order valence-electron chi connectivity index (χ0n) is 17.9. The van der Waals surface area contributed by atoms with Crippen molar-refractivity contribution in [2.24, 2.45) is 0 Å². The Hall–Kier alpha value is -3.80. The molecule has 4 aromatic rings. The van der Waals surface area contributed by atoms with Crippen LogP contribution in [-0.4, -0.2) is 38.7 Å². The molecule has 1 aromatic carbocycles. The Morgan fingerprint density at radius 3 is 2.97 bits per heavy atom. The van der Waals surface area contributed by atoms with Crippen LogP contribution in [0.4, 0.5) is 16.3 Å². The van der Waals surface area contributed by atoms with E-state index in [1.54, 1.807) is 35.7 Å². The van der Waals surface area contributed by atoms with Crippen LogP contribution in [0.5, 0.6) is 11.6 Å². The quantitative estimate of drug-likeness (QED) is 0.323. The third kappa shape index (κ3) is 4.76. The predicted octanol–water partition coefficient (Wildman–Crippen LogP) is 6.37. The van der Waals surface area contributed by atoms with E-state index >= 15 is 0 Å². The minimum Gasteiger partial charge on any atom is -0.465 e. The monoisotopic (exact) mass is 490 g/mol. The minimum atomic E-state index is -0.937. The maximum absolute atomic E-state index is 11.4. The average molecular weight is 491 g/mol. The zero-order chi connectivity index (χ0) is 23.5. The smallest absolute Gasteiger partial charge is 0.408 e. The van der Waals surface area contributed by atoms with E-state index in [4.69, 9.17) is 21.3 Å². The highest BCUT2D eigenvalue weighted by atomic mass is 35.5. The lowest BCUT2D eigenvalue weighted by Gasteiger charge is -2.15. The van der Waals surface area contributed by atoms with Crippen molar-refractivity contribution in [3.8, 4) is 23.5 Å². The SMILES string of the molecule is O=C(O)N1CCC[C@@H]1C#Cc1cc2sccc2c(Nc2ccc(Oc3ccccn3)c(Cl)c2)n1. The lowest BCUT2D eigenvalue weighted by molar-refractivity contribution is 0.148. The van der Waals surface area contributed by atoms with Crippen molar-refractivity contribution in [1.29, 1.82) is 0 Å². The lowest BCUT2D eigenvalue weighted by Crippen LogP contribution is -2.33. The highest BCUT2D eigenvalue weighted by molar-refractivity contribution is 7.17. The van der Waals surface area contributed by atoms with Gasteiger partial charge in [-0.25, -0.2) is 14.8 Å². The Kier molecular flexibility index (Phi) is 6.21. The van der Waals surface area contributed by atoms with Gasteiger partial charge in [-0.3, -0.25) is 4.90 Å². The van der Waals surface area contributed by atoms with E-state index in [-0.39, 0.29) is 6.04 Å². The second-order valence-corrected chi connectivity index (χ2v) is 8.99. The highest BCUT2D eigenvalue weighted by Crippen LogP contribution is 2.34. The zero-order valence-corrected chi connectivity index (χ0v) is 19.4. The molecule has 1 atom stereocenters. The van der Waals surface area contributed by atoms with E-state index in [1.807, 2.05) is 35.7 Å². The molecule has 0 spiro atoms. The van der Waals surface area contributed by atoms with Crippen LogP contribution in [-0.2, 0) is 0 Å². The number of aromatic nitrogens is 2. The molecule has 0 saturated carbocycles. The number of thiophene rings is 1. The van der Waals surface area contributed by atoms with Crippen molar-refractivity contribution < 1.29 is 14.6 Å². The lowest BCUT2D eigenvalue weighted by atomic mass is 10.2. The van der Waals surface area contributed by atoms with Crippen molar-refractivity contribution in [3.05, 3.63) is 70.8 Å². The Morgan fingerprint density at radius 1 is 1.26 bits per heavy atom. The molecule has 1 aliphatic heterocycles. The van der Waals surface area contributed by atoms with Gasteiger partial charge in [0.05, 0.1) is 11.1 Å². The molecule has 0 radical (unpaired) electrons. The number of hydrogen-bond donors (Lipinski definition) is 2. The van der Waals surface area contributed by atoms with Gasteiger partial charge in [0.2, 0.25) is 5.88 Å². The molecule has 34 heavy (non-hydrogen) atoms. The van der Waals surface area contributed by atoms with Crippen molar-refractivity contribution in [3.63, 3.8) is 0 Å². The summed E-state index contributed by atoms with van der Waals surface area (Å²) in [4.78, 5) is 21.6. The third-order valence-electron chi connectivity index (χ3n) is 5.36. The van der Waals surface area contributed by atoms with Gasteiger partial charge in [0.25, 0.3) is 0 Å². The van der Waals surface area contributed by atoms with Crippen molar-refractivity contribution >= 4 is 50.6 Å². The number of hydrogen-bond acceptors (Lipinski definition) is 6. The fourth-order valence-electron chi connectivity index (χ4n) is 3.75. The number of halogens is 1. The van der Waals surface area contributed by atoms with Crippen LogP contribution in [0.2, 0.25) is 5.02 Å². The summed E-state index contributed by atoms with van der Waals surface area (Å²) in [5.74, 6) is 7.77. The fourth-order valence-corrected chi connectivity index (χ4v) is 4.79. The maximum Gasteiger partial charge on any atom is 0.408 e. The van der Waals surface area contributed by atoms with Gasteiger partial charge in [-0.1, -0.05) is 23.6 Å². The topological polar surface area (TPSA) is 87.6 Å². The number of ether oxygens (including phenoxy) is 1. The van der Waals surface area contributed by atoms with E-state index in [0.717, 1.165) is 28.6 Å². The second kappa shape index (κ2) is 9.59. The number of carbonyl (C=O) groups is 1. The number of carboxylic acid groups (broad SMARTS) is 1. The maximum atomic E-state index is 11.4. The first-order valence-electron chi connectivity index (χ1n) is 10.6. The number of benzene rings is 1. The van der Waals surface area contributed by atoms with Crippen LogP contribution in [0, 0.1) is 11.8 Å². The van der Waals surface area contributed by atoms with Crippen LogP contribution < -0.4 is 10.1 Å². The molecule has 1 amide bonds. The van der Waals surface area contributed by atoms with Crippen LogP contribution in [0.3, 0.4) is 0 Å². The number of nitrogens with zero attached hydrogens (tertiary/aromatic N) is 3.